The van der Waals surface area contributed by atoms with Gasteiger partial charge in [0.1, 0.15) is 11.2 Å². The third-order valence-corrected chi connectivity index (χ3v) is 6.15. The van der Waals surface area contributed by atoms with E-state index >= 15 is 0 Å². The molecule has 1 aliphatic carbocycles. The summed E-state index contributed by atoms with van der Waals surface area (Å²) in [5.74, 6) is 0.372. The van der Waals surface area contributed by atoms with E-state index in [0.29, 0.717) is 5.82 Å². The van der Waals surface area contributed by atoms with Crippen LogP contribution in [0.1, 0.15) is 22.4 Å². The van der Waals surface area contributed by atoms with Crippen molar-refractivity contribution in [3.8, 4) is 0 Å². The smallest absolute Gasteiger partial charge is 0.256 e. The van der Waals surface area contributed by atoms with Crippen molar-refractivity contribution in [2.24, 2.45) is 0 Å². The minimum atomic E-state index is -3.64. The molecule has 5 nitrogen and oxygen atoms in total. The molecule has 2 heterocycles. The Morgan fingerprint density at radius 1 is 1.12 bits per heavy atom. The van der Waals surface area contributed by atoms with Crippen molar-refractivity contribution < 1.29 is 8.42 Å². The summed E-state index contributed by atoms with van der Waals surface area (Å²) in [4.78, 5) is 10.6. The highest BCUT2D eigenvalue weighted by atomic mass is 32.2. The van der Waals surface area contributed by atoms with Crippen molar-refractivity contribution in [1.29, 1.82) is 0 Å². The summed E-state index contributed by atoms with van der Waals surface area (Å²) in [5, 5.41) is 2.02. The van der Waals surface area contributed by atoms with Crippen LogP contribution in [-0.2, 0) is 22.9 Å². The zero-order chi connectivity index (χ0) is 16.6. The van der Waals surface area contributed by atoms with Crippen LogP contribution in [-0.4, -0.2) is 18.4 Å². The second-order valence-corrected chi connectivity index (χ2v) is 8.27. The molecule has 0 bridgehead atoms. The predicted molar refractivity (Wildman–Crippen MR) is 97.5 cm³/mol. The lowest BCUT2D eigenvalue weighted by atomic mass is 10.2. The number of benzene rings is 1. The molecule has 0 spiro atoms. The van der Waals surface area contributed by atoms with Gasteiger partial charge in [0.15, 0.2) is 5.82 Å². The Balaban J connectivity index is 1.68. The van der Waals surface area contributed by atoms with Crippen LogP contribution in [0.5, 0.6) is 0 Å². The van der Waals surface area contributed by atoms with Crippen LogP contribution in [0.25, 0.3) is 16.3 Å². The van der Waals surface area contributed by atoms with Crippen molar-refractivity contribution in [2.75, 3.05) is 4.72 Å². The second-order valence-electron chi connectivity index (χ2n) is 5.62. The fourth-order valence-corrected chi connectivity index (χ4v) is 4.96. The first-order valence-electron chi connectivity index (χ1n) is 7.63. The lowest BCUT2D eigenvalue weighted by Gasteiger charge is -2.06. The summed E-state index contributed by atoms with van der Waals surface area (Å²) in [5.41, 5.74) is 2.02. The zero-order valence-corrected chi connectivity index (χ0v) is 14.4. The number of nitrogens with zero attached hydrogens (tertiary/aromatic N) is 2. The van der Waals surface area contributed by atoms with Crippen molar-refractivity contribution in [2.45, 2.75) is 19.3 Å². The Kier molecular flexibility index (Phi) is 3.82. The van der Waals surface area contributed by atoms with Gasteiger partial charge in [-0.3, -0.25) is 4.72 Å². The number of sulfonamides is 1. The SMILES string of the molecule is O=S(=O)(C=Cc1ccccc1)Nc1ncnc2sc3c(c12)CCC3. The van der Waals surface area contributed by atoms with E-state index in [1.54, 1.807) is 17.4 Å². The maximum atomic E-state index is 12.4. The topological polar surface area (TPSA) is 72.0 Å². The van der Waals surface area contributed by atoms with E-state index < -0.39 is 10.0 Å². The number of rotatable bonds is 4. The molecule has 0 unspecified atom stereocenters. The molecular weight excluding hydrogens is 342 g/mol. The molecule has 24 heavy (non-hydrogen) atoms. The molecule has 1 N–H and O–H groups in total. The molecule has 0 aliphatic heterocycles. The van der Waals surface area contributed by atoms with Gasteiger partial charge in [-0.05, 0) is 36.5 Å². The predicted octanol–water partition coefficient (Wildman–Crippen LogP) is 3.59. The third-order valence-electron chi connectivity index (χ3n) is 3.98. The van der Waals surface area contributed by atoms with E-state index in [9.17, 15) is 8.42 Å². The van der Waals surface area contributed by atoms with Crippen molar-refractivity contribution >= 4 is 43.5 Å². The molecule has 3 aromatic rings. The first-order valence-corrected chi connectivity index (χ1v) is 10.00. The number of aromatic nitrogens is 2. The average Bonchev–Trinajstić information content (AvgIpc) is 3.15. The molecule has 7 heteroatoms. The number of hydrogen-bond acceptors (Lipinski definition) is 5. The first kappa shape index (κ1) is 15.3. The van der Waals surface area contributed by atoms with Gasteiger partial charge in [-0.2, -0.15) is 0 Å². The fourth-order valence-electron chi connectivity index (χ4n) is 2.91. The number of anilines is 1. The maximum absolute atomic E-state index is 12.4. The number of nitrogens with one attached hydrogen (secondary N) is 1. The van der Waals surface area contributed by atoms with Crippen LogP contribution < -0.4 is 4.72 Å². The summed E-state index contributed by atoms with van der Waals surface area (Å²) in [6.45, 7) is 0. The van der Waals surface area contributed by atoms with Crippen LogP contribution in [0, 0.1) is 0 Å². The van der Waals surface area contributed by atoms with Crippen LogP contribution in [0.4, 0.5) is 5.82 Å². The van der Waals surface area contributed by atoms with Crippen LogP contribution in [0.3, 0.4) is 0 Å². The average molecular weight is 357 g/mol. The second kappa shape index (κ2) is 5.99. The van der Waals surface area contributed by atoms with Gasteiger partial charge in [0, 0.05) is 4.88 Å². The van der Waals surface area contributed by atoms with Gasteiger partial charge in [0.2, 0.25) is 0 Å². The molecule has 2 aromatic heterocycles. The summed E-state index contributed by atoms with van der Waals surface area (Å²) >= 11 is 1.63. The lowest BCUT2D eigenvalue weighted by molar-refractivity contribution is 0.609. The normalized spacial score (nSPS) is 14.3. The molecule has 1 aromatic carbocycles. The monoisotopic (exact) mass is 357 g/mol. The van der Waals surface area contributed by atoms with Gasteiger partial charge >= 0.3 is 0 Å². The lowest BCUT2D eigenvalue weighted by Crippen LogP contribution is -2.10. The standard InChI is InChI=1S/C17H15N3O2S2/c21-24(22,10-9-12-5-2-1-3-6-12)20-16-15-13-7-4-8-14(13)23-17(15)19-11-18-16/h1-3,5-6,9-11H,4,7-8H2,(H,18,19,20). The largest absolute Gasteiger partial charge is 0.263 e. The van der Waals surface area contributed by atoms with E-state index in [1.165, 1.54) is 22.2 Å². The summed E-state index contributed by atoms with van der Waals surface area (Å²) in [6, 6.07) is 9.31. The molecule has 0 radical (unpaired) electrons. The highest BCUT2D eigenvalue weighted by molar-refractivity contribution is 7.95. The van der Waals surface area contributed by atoms with Gasteiger partial charge in [-0.1, -0.05) is 30.3 Å². The number of fused-ring (bicyclic) bond motifs is 3. The Hall–Kier alpha value is -2.25. The summed E-state index contributed by atoms with van der Waals surface area (Å²) in [7, 11) is -3.64. The highest BCUT2D eigenvalue weighted by Gasteiger charge is 2.22. The maximum Gasteiger partial charge on any atom is 0.256 e. The molecule has 4 rings (SSSR count). The minimum Gasteiger partial charge on any atom is -0.263 e. The molecule has 0 saturated carbocycles. The quantitative estimate of drug-likeness (QED) is 0.774. The molecule has 0 amide bonds. The van der Waals surface area contributed by atoms with Gasteiger partial charge in [-0.15, -0.1) is 11.3 Å². The van der Waals surface area contributed by atoms with Gasteiger partial charge in [-0.25, -0.2) is 18.4 Å². The Bertz CT molecular complexity index is 1020. The summed E-state index contributed by atoms with van der Waals surface area (Å²) < 4.78 is 27.4. The molecule has 0 fully saturated rings. The van der Waals surface area contributed by atoms with Gasteiger partial charge < -0.3 is 0 Å². The number of hydrogen-bond donors (Lipinski definition) is 1. The van der Waals surface area contributed by atoms with E-state index in [4.69, 9.17) is 0 Å². The van der Waals surface area contributed by atoms with Gasteiger partial charge in [0.25, 0.3) is 10.0 Å². The molecule has 0 saturated heterocycles. The minimum absolute atomic E-state index is 0.372. The van der Waals surface area contributed by atoms with E-state index in [-0.39, 0.29) is 0 Å². The molecule has 1 aliphatic rings. The van der Waals surface area contributed by atoms with Crippen molar-refractivity contribution in [1.82, 2.24) is 9.97 Å². The number of thiophene rings is 1. The fraction of sp³-hybridized carbons (Fsp3) is 0.176. The zero-order valence-electron chi connectivity index (χ0n) is 12.8. The van der Waals surface area contributed by atoms with Crippen LogP contribution in [0.15, 0.2) is 42.1 Å². The third kappa shape index (κ3) is 2.92. The Labute approximate surface area is 144 Å². The Morgan fingerprint density at radius 3 is 2.79 bits per heavy atom. The molecule has 122 valence electrons. The van der Waals surface area contributed by atoms with E-state index in [1.807, 2.05) is 30.3 Å². The van der Waals surface area contributed by atoms with Gasteiger partial charge in [0.05, 0.1) is 10.8 Å². The number of aryl methyl sites for hydroxylation is 2. The van der Waals surface area contributed by atoms with Crippen molar-refractivity contribution in [3.63, 3.8) is 0 Å². The van der Waals surface area contributed by atoms with E-state index in [2.05, 4.69) is 14.7 Å². The van der Waals surface area contributed by atoms with Crippen LogP contribution >= 0.6 is 11.3 Å². The van der Waals surface area contributed by atoms with Crippen LogP contribution in [0.2, 0.25) is 0 Å². The van der Waals surface area contributed by atoms with E-state index in [0.717, 1.165) is 35.0 Å². The summed E-state index contributed by atoms with van der Waals surface area (Å²) in [6.07, 6.45) is 6.07. The Morgan fingerprint density at radius 2 is 1.96 bits per heavy atom. The molecular formula is C17H15N3O2S2. The van der Waals surface area contributed by atoms with Crippen molar-refractivity contribution in [3.05, 3.63) is 58.1 Å². The first-order chi connectivity index (χ1) is 11.6. The molecule has 0 atom stereocenters. The highest BCUT2D eigenvalue weighted by Crippen LogP contribution is 2.39.